The second-order valence-corrected chi connectivity index (χ2v) is 5.42. The quantitative estimate of drug-likeness (QED) is 0.800. The summed E-state index contributed by atoms with van der Waals surface area (Å²) >= 11 is 3.41. The molecule has 0 aliphatic rings. The average molecular weight is 315 g/mol. The fourth-order valence-electron chi connectivity index (χ4n) is 1.41. The lowest BCUT2D eigenvalue weighted by Crippen LogP contribution is -2.50. The Morgan fingerprint density at radius 3 is 2.72 bits per heavy atom. The number of nitrogens with one attached hydrogen (secondary N) is 2. The van der Waals surface area contributed by atoms with E-state index in [-0.39, 0.29) is 12.6 Å². The third kappa shape index (κ3) is 3.71. The van der Waals surface area contributed by atoms with E-state index in [9.17, 15) is 9.90 Å². The third-order valence-corrected chi connectivity index (χ3v) is 3.92. The smallest absolute Gasteiger partial charge is 0.319 e. The Hall–Kier alpha value is -1.07. The number of aliphatic hydroxyl groups excluding tert-OH is 1. The van der Waals surface area contributed by atoms with Crippen molar-refractivity contribution in [1.82, 2.24) is 5.32 Å². The predicted octanol–water partition coefficient (Wildman–Crippen LogP) is 3.04. The van der Waals surface area contributed by atoms with Crippen molar-refractivity contribution < 1.29 is 9.90 Å². The summed E-state index contributed by atoms with van der Waals surface area (Å²) in [4.78, 5) is 11.9. The number of carbonyl (C=O) groups excluding carboxylic acids is 1. The zero-order chi connectivity index (χ0) is 13.8. The minimum atomic E-state index is -0.593. The first-order valence-electron chi connectivity index (χ1n) is 5.87. The summed E-state index contributed by atoms with van der Waals surface area (Å²) in [5, 5.41) is 14.8. The van der Waals surface area contributed by atoms with Gasteiger partial charge >= 0.3 is 6.03 Å². The van der Waals surface area contributed by atoms with Gasteiger partial charge in [-0.1, -0.05) is 28.9 Å². The van der Waals surface area contributed by atoms with Gasteiger partial charge in [0.2, 0.25) is 0 Å². The van der Waals surface area contributed by atoms with Crippen LogP contribution in [0.2, 0.25) is 0 Å². The maximum absolute atomic E-state index is 11.9. The van der Waals surface area contributed by atoms with Crippen molar-refractivity contribution in [2.24, 2.45) is 0 Å². The molecule has 0 bridgehead atoms. The van der Waals surface area contributed by atoms with Gasteiger partial charge in [-0.15, -0.1) is 0 Å². The largest absolute Gasteiger partial charge is 0.394 e. The Bertz CT molecular complexity index is 431. The topological polar surface area (TPSA) is 61.4 Å². The van der Waals surface area contributed by atoms with Gasteiger partial charge in [-0.05, 0) is 38.0 Å². The highest BCUT2D eigenvalue weighted by molar-refractivity contribution is 9.10. The molecular weight excluding hydrogens is 296 g/mol. The van der Waals surface area contributed by atoms with Gasteiger partial charge in [-0.25, -0.2) is 4.79 Å². The lowest BCUT2D eigenvalue weighted by Gasteiger charge is -2.27. The summed E-state index contributed by atoms with van der Waals surface area (Å²) in [6, 6.07) is 5.30. The highest BCUT2D eigenvalue weighted by atomic mass is 79.9. The van der Waals surface area contributed by atoms with Crippen molar-refractivity contribution in [3.8, 4) is 0 Å². The summed E-state index contributed by atoms with van der Waals surface area (Å²) in [6.45, 7) is 5.56. The molecule has 0 saturated carbocycles. The number of rotatable bonds is 4. The van der Waals surface area contributed by atoms with Crippen molar-refractivity contribution >= 4 is 27.6 Å². The van der Waals surface area contributed by atoms with Crippen LogP contribution in [0.3, 0.4) is 0 Å². The van der Waals surface area contributed by atoms with Gasteiger partial charge in [0, 0.05) is 10.2 Å². The SMILES string of the molecule is CCC(C)(CO)NC(=O)Nc1cccc(Br)c1C. The lowest BCUT2D eigenvalue weighted by molar-refractivity contribution is 0.172. The van der Waals surface area contributed by atoms with Crippen LogP contribution in [0.4, 0.5) is 10.5 Å². The van der Waals surface area contributed by atoms with Crippen molar-refractivity contribution in [1.29, 1.82) is 0 Å². The van der Waals surface area contributed by atoms with Gasteiger partial charge in [0.15, 0.2) is 0 Å². The van der Waals surface area contributed by atoms with Crippen LogP contribution < -0.4 is 10.6 Å². The van der Waals surface area contributed by atoms with E-state index in [4.69, 9.17) is 0 Å². The van der Waals surface area contributed by atoms with E-state index in [1.165, 1.54) is 0 Å². The van der Waals surface area contributed by atoms with Crippen LogP contribution in [-0.2, 0) is 0 Å². The van der Waals surface area contributed by atoms with E-state index in [0.717, 1.165) is 15.7 Å². The molecule has 0 aliphatic carbocycles. The highest BCUT2D eigenvalue weighted by Crippen LogP contribution is 2.23. The first-order valence-corrected chi connectivity index (χ1v) is 6.66. The molecule has 100 valence electrons. The van der Waals surface area contributed by atoms with Crippen molar-refractivity contribution in [2.45, 2.75) is 32.7 Å². The minimum Gasteiger partial charge on any atom is -0.394 e. The Morgan fingerprint density at radius 1 is 1.50 bits per heavy atom. The first-order chi connectivity index (χ1) is 8.41. The monoisotopic (exact) mass is 314 g/mol. The van der Waals surface area contributed by atoms with E-state index in [1.807, 2.05) is 32.0 Å². The normalized spacial score (nSPS) is 13.8. The number of urea groups is 1. The van der Waals surface area contributed by atoms with Crippen LogP contribution in [0, 0.1) is 6.92 Å². The van der Waals surface area contributed by atoms with Crippen LogP contribution >= 0.6 is 15.9 Å². The molecule has 4 nitrogen and oxygen atoms in total. The fourth-order valence-corrected chi connectivity index (χ4v) is 1.78. The predicted molar refractivity (Wildman–Crippen MR) is 76.8 cm³/mol. The van der Waals surface area contributed by atoms with E-state index in [0.29, 0.717) is 6.42 Å². The highest BCUT2D eigenvalue weighted by Gasteiger charge is 2.23. The number of aliphatic hydroxyl groups is 1. The molecule has 1 unspecified atom stereocenters. The number of benzene rings is 1. The molecule has 2 amide bonds. The fraction of sp³-hybridized carbons (Fsp3) is 0.462. The number of hydrogen-bond donors (Lipinski definition) is 3. The Morgan fingerprint density at radius 2 is 2.17 bits per heavy atom. The lowest BCUT2D eigenvalue weighted by atomic mass is 10.0. The third-order valence-electron chi connectivity index (χ3n) is 3.06. The summed E-state index contributed by atoms with van der Waals surface area (Å²) in [7, 11) is 0. The van der Waals surface area contributed by atoms with E-state index in [1.54, 1.807) is 6.92 Å². The van der Waals surface area contributed by atoms with Crippen LogP contribution in [0.5, 0.6) is 0 Å². The van der Waals surface area contributed by atoms with Crippen molar-refractivity contribution in [3.05, 3.63) is 28.2 Å². The summed E-state index contributed by atoms with van der Waals surface area (Å²) in [6.07, 6.45) is 0.661. The molecule has 18 heavy (non-hydrogen) atoms. The maximum Gasteiger partial charge on any atom is 0.319 e. The van der Waals surface area contributed by atoms with Crippen LogP contribution in [0.1, 0.15) is 25.8 Å². The molecule has 5 heteroatoms. The number of anilines is 1. The van der Waals surface area contributed by atoms with Gasteiger partial charge < -0.3 is 15.7 Å². The first kappa shape index (κ1) is 15.0. The number of hydrogen-bond acceptors (Lipinski definition) is 2. The van der Waals surface area contributed by atoms with Crippen LogP contribution in [0.15, 0.2) is 22.7 Å². The zero-order valence-corrected chi connectivity index (χ0v) is 12.5. The molecule has 1 atom stereocenters. The summed E-state index contributed by atoms with van der Waals surface area (Å²) in [5.74, 6) is 0. The Balaban J connectivity index is 2.74. The zero-order valence-electron chi connectivity index (χ0n) is 10.9. The Labute approximate surface area is 116 Å². The number of halogens is 1. The molecule has 1 aromatic rings. The van der Waals surface area contributed by atoms with E-state index >= 15 is 0 Å². The molecular formula is C13H19BrN2O2. The minimum absolute atomic E-state index is 0.0889. The van der Waals surface area contributed by atoms with Crippen LogP contribution in [0.25, 0.3) is 0 Å². The second-order valence-electron chi connectivity index (χ2n) is 4.56. The van der Waals surface area contributed by atoms with Gasteiger partial charge in [0.25, 0.3) is 0 Å². The molecule has 1 rings (SSSR count). The number of carbonyl (C=O) groups is 1. The average Bonchev–Trinajstić information content (AvgIpc) is 2.34. The summed E-state index contributed by atoms with van der Waals surface area (Å²) in [5.41, 5.74) is 1.12. The van der Waals surface area contributed by atoms with E-state index in [2.05, 4.69) is 26.6 Å². The molecule has 1 aromatic carbocycles. The molecule has 3 N–H and O–H groups in total. The van der Waals surface area contributed by atoms with Gasteiger partial charge in [0.05, 0.1) is 12.1 Å². The molecule has 0 radical (unpaired) electrons. The molecule has 0 saturated heterocycles. The van der Waals surface area contributed by atoms with E-state index < -0.39 is 5.54 Å². The van der Waals surface area contributed by atoms with Gasteiger partial charge in [-0.3, -0.25) is 0 Å². The van der Waals surface area contributed by atoms with Crippen molar-refractivity contribution in [2.75, 3.05) is 11.9 Å². The van der Waals surface area contributed by atoms with Crippen molar-refractivity contribution in [3.63, 3.8) is 0 Å². The van der Waals surface area contributed by atoms with Gasteiger partial charge in [0.1, 0.15) is 0 Å². The summed E-state index contributed by atoms with van der Waals surface area (Å²) < 4.78 is 0.945. The van der Waals surface area contributed by atoms with Gasteiger partial charge in [-0.2, -0.15) is 0 Å². The Kier molecular flexibility index (Phi) is 5.16. The number of amides is 2. The molecule has 0 heterocycles. The standard InChI is InChI=1S/C13H19BrN2O2/c1-4-13(3,8-17)16-12(18)15-11-7-5-6-10(14)9(11)2/h5-7,17H,4,8H2,1-3H3,(H2,15,16,18). The maximum atomic E-state index is 11.9. The van der Waals surface area contributed by atoms with Crippen LogP contribution in [-0.4, -0.2) is 23.3 Å². The molecule has 0 spiro atoms. The molecule has 0 fully saturated rings. The molecule has 0 aliphatic heterocycles. The molecule has 0 aromatic heterocycles. The second kappa shape index (κ2) is 6.20.